The molecule has 0 saturated carbocycles. The molecular weight excluding hydrogens is 498 g/mol. The van der Waals surface area contributed by atoms with E-state index in [-0.39, 0.29) is 41.7 Å². The summed E-state index contributed by atoms with van der Waals surface area (Å²) < 4.78 is 0. The monoisotopic (exact) mass is 514 g/mol. The first kappa shape index (κ1) is 28.2. The van der Waals surface area contributed by atoms with Crippen LogP contribution in [0.15, 0.2) is 109 Å². The average Bonchev–Trinajstić information content (AvgIpc) is 3.29. The number of hydrogen-bond acceptors (Lipinski definition) is 3. The van der Waals surface area contributed by atoms with E-state index in [1.165, 1.54) is 17.4 Å². The maximum absolute atomic E-state index is 9.96. The minimum absolute atomic E-state index is 0. The van der Waals surface area contributed by atoms with Gasteiger partial charge in [0.15, 0.2) is 0 Å². The Kier molecular flexibility index (Phi) is 21.4. The number of aromatic carboxylic acids is 1. The van der Waals surface area contributed by atoms with Crippen LogP contribution in [0.5, 0.6) is 0 Å². The smallest absolute Gasteiger partial charge is 0.0815 e. The molecule has 5 heteroatoms. The number of halogens is 1. The third-order valence-corrected chi connectivity index (χ3v) is 3.39. The summed E-state index contributed by atoms with van der Waals surface area (Å²) in [5.41, 5.74) is 0. The first-order valence-electron chi connectivity index (χ1n) is 7.79. The second-order valence-corrected chi connectivity index (χ2v) is 5.44. The number of carboxylic acids is 1. The summed E-state index contributed by atoms with van der Waals surface area (Å²) in [5.74, 6) is -1.10. The van der Waals surface area contributed by atoms with Gasteiger partial charge < -0.3 is 22.3 Å². The molecule has 0 unspecified atom stereocenters. The number of carboxylic acid groups (broad SMARTS) is 1. The first-order valence-corrected chi connectivity index (χ1v) is 8.67. The van der Waals surface area contributed by atoms with Crippen LogP contribution in [0.1, 0.15) is 9.67 Å². The van der Waals surface area contributed by atoms with Crippen molar-refractivity contribution in [1.82, 2.24) is 0 Å². The maximum Gasteiger partial charge on any atom is 0.0815 e. The van der Waals surface area contributed by atoms with Crippen molar-refractivity contribution in [2.75, 3.05) is 0 Å². The molecule has 0 aliphatic heterocycles. The van der Waals surface area contributed by atoms with Crippen molar-refractivity contribution in [2.45, 2.75) is 0 Å². The standard InChI is InChI=1S/3C6H5.C5H4O2S.ClH.Sb/c3*1-2-4-6-5-3-1;6-5(7)4-2-1-3-8-4;;/h3*1-5H;1-3H,(H,6,7);1H;/p-2. The van der Waals surface area contributed by atoms with Gasteiger partial charge in [-0.1, -0.05) is 97.1 Å². The van der Waals surface area contributed by atoms with Gasteiger partial charge in [-0.05, 0) is 29.6 Å². The largest absolute Gasteiger partial charge is 1.00 e. The number of thiophene rings is 1. The Hall–Kier alpha value is -2.06. The van der Waals surface area contributed by atoms with Crippen LogP contribution >= 0.6 is 11.3 Å². The zero-order chi connectivity index (χ0) is 18.7. The summed E-state index contributed by atoms with van der Waals surface area (Å²) in [5, 5.41) is 11.7. The van der Waals surface area contributed by atoms with Crippen LogP contribution in [-0.2, 0) is 0 Å². The first-order chi connectivity index (χ1) is 12.8. The average molecular weight is 516 g/mol. The molecule has 4 rings (SSSR count). The Morgan fingerprint density at radius 3 is 1.14 bits per heavy atom. The summed E-state index contributed by atoms with van der Waals surface area (Å²) >= 11 is 1.17. The van der Waals surface area contributed by atoms with E-state index in [4.69, 9.17) is 0 Å². The van der Waals surface area contributed by atoms with Gasteiger partial charge >= 0.3 is 0 Å². The van der Waals surface area contributed by atoms with Crippen molar-refractivity contribution in [1.29, 1.82) is 0 Å². The Balaban J connectivity index is 0. The third kappa shape index (κ3) is 17.4. The molecular formula is C23H18ClO2SSb-2. The van der Waals surface area contributed by atoms with E-state index in [1.807, 2.05) is 91.0 Å². The Morgan fingerprint density at radius 1 is 0.679 bits per heavy atom. The van der Waals surface area contributed by atoms with Crippen LogP contribution in [-0.4, -0.2) is 30.4 Å². The number of hydrogen-bond donors (Lipinski definition) is 0. The zero-order valence-corrected chi connectivity index (χ0v) is 19.1. The fraction of sp³-hybridized carbons (Fsp3) is 0. The van der Waals surface area contributed by atoms with Gasteiger partial charge in [0.1, 0.15) is 0 Å². The van der Waals surface area contributed by atoms with E-state index >= 15 is 0 Å². The summed E-state index contributed by atoms with van der Waals surface area (Å²) in [4.78, 5) is 10.2. The number of carbonyl (C=O) groups is 1. The summed E-state index contributed by atoms with van der Waals surface area (Å²) in [6, 6.07) is 40.7. The van der Waals surface area contributed by atoms with E-state index in [1.54, 1.807) is 11.4 Å². The van der Waals surface area contributed by atoms with Gasteiger partial charge in [0.25, 0.3) is 0 Å². The minimum atomic E-state index is -1.10. The Bertz CT molecular complexity index is 613. The van der Waals surface area contributed by atoms with Gasteiger partial charge in [-0.15, -0.1) is 11.3 Å². The van der Waals surface area contributed by atoms with Crippen LogP contribution in [0.3, 0.4) is 0 Å². The predicted octanol–water partition coefficient (Wildman–Crippen LogP) is 1.20. The van der Waals surface area contributed by atoms with Gasteiger partial charge in [-0.25, -0.2) is 0 Å². The molecule has 0 aliphatic carbocycles. The van der Waals surface area contributed by atoms with Crippen LogP contribution in [0.4, 0.5) is 0 Å². The zero-order valence-electron chi connectivity index (χ0n) is 14.9. The van der Waals surface area contributed by atoms with Crippen molar-refractivity contribution >= 4 is 41.7 Å². The molecule has 6 radical (unpaired) electrons. The number of rotatable bonds is 1. The van der Waals surface area contributed by atoms with Crippen molar-refractivity contribution < 1.29 is 22.3 Å². The van der Waals surface area contributed by atoms with Gasteiger partial charge in [0, 0.05) is 29.3 Å². The van der Waals surface area contributed by atoms with E-state index in [0.717, 1.165) is 0 Å². The van der Waals surface area contributed by atoms with Crippen LogP contribution in [0, 0.1) is 18.2 Å². The van der Waals surface area contributed by atoms with E-state index in [2.05, 4.69) is 18.2 Å². The molecule has 1 aromatic heterocycles. The summed E-state index contributed by atoms with van der Waals surface area (Å²) in [6.45, 7) is 0. The molecule has 0 aliphatic rings. The fourth-order valence-corrected chi connectivity index (χ4v) is 1.98. The second-order valence-electron chi connectivity index (χ2n) is 4.50. The van der Waals surface area contributed by atoms with E-state index in [0.29, 0.717) is 0 Å². The quantitative estimate of drug-likeness (QED) is 0.358. The van der Waals surface area contributed by atoms with Crippen molar-refractivity contribution in [3.63, 3.8) is 0 Å². The summed E-state index contributed by atoms with van der Waals surface area (Å²) in [7, 11) is 0. The molecule has 142 valence electrons. The van der Waals surface area contributed by atoms with E-state index < -0.39 is 5.97 Å². The number of benzene rings is 3. The predicted molar refractivity (Wildman–Crippen MR) is 110 cm³/mol. The maximum atomic E-state index is 9.96. The molecule has 4 aromatic rings. The molecule has 0 N–H and O–H groups in total. The van der Waals surface area contributed by atoms with E-state index in [9.17, 15) is 9.90 Å². The SMILES string of the molecule is O=C([O-])c1cccs1.[Cl-].[Sb].[c]1ccccc1.[c]1ccccc1.[c]1ccccc1. The molecule has 0 saturated heterocycles. The minimum Gasteiger partial charge on any atom is -1.00 e. The van der Waals surface area contributed by atoms with Crippen LogP contribution < -0.4 is 17.5 Å². The molecule has 2 nitrogen and oxygen atoms in total. The van der Waals surface area contributed by atoms with Gasteiger partial charge in [-0.3, -0.25) is 0 Å². The molecule has 0 atom stereocenters. The molecule has 0 amide bonds. The normalized spacial score (nSPS) is 7.71. The van der Waals surface area contributed by atoms with Crippen molar-refractivity contribution in [3.8, 4) is 0 Å². The van der Waals surface area contributed by atoms with Crippen LogP contribution in [0.25, 0.3) is 0 Å². The fourth-order valence-electron chi connectivity index (χ4n) is 1.42. The number of carbonyl (C=O) groups excluding carboxylic acids is 1. The second kappa shape index (κ2) is 21.2. The molecule has 1 heterocycles. The summed E-state index contributed by atoms with van der Waals surface area (Å²) in [6.07, 6.45) is 0. The molecule has 28 heavy (non-hydrogen) atoms. The van der Waals surface area contributed by atoms with Gasteiger partial charge in [0.2, 0.25) is 0 Å². The Labute approximate surface area is 194 Å². The molecule has 0 spiro atoms. The van der Waals surface area contributed by atoms with Crippen LogP contribution in [0.2, 0.25) is 0 Å². The molecule has 0 fully saturated rings. The van der Waals surface area contributed by atoms with Crippen molar-refractivity contribution in [2.24, 2.45) is 0 Å². The molecule has 3 aromatic carbocycles. The topological polar surface area (TPSA) is 40.1 Å². The Morgan fingerprint density at radius 2 is 1.04 bits per heavy atom. The van der Waals surface area contributed by atoms with Gasteiger partial charge in [-0.2, -0.15) is 0 Å². The molecule has 0 bridgehead atoms. The third-order valence-electron chi connectivity index (χ3n) is 2.54. The van der Waals surface area contributed by atoms with Crippen molar-refractivity contribution in [3.05, 3.63) is 132 Å². The van der Waals surface area contributed by atoms with Gasteiger partial charge in [0.05, 0.1) is 5.97 Å².